The van der Waals surface area contributed by atoms with Crippen LogP contribution in [0.15, 0.2) is 39.9 Å². The quantitative estimate of drug-likeness (QED) is 0.565. The van der Waals surface area contributed by atoms with Gasteiger partial charge in [-0.1, -0.05) is 29.8 Å². The van der Waals surface area contributed by atoms with Gasteiger partial charge in [0.1, 0.15) is 0 Å². The maximum Gasteiger partial charge on any atom is 0.496 e. The molecule has 2 aliphatic heterocycles. The summed E-state index contributed by atoms with van der Waals surface area (Å²) in [6.07, 6.45) is 2.90. The van der Waals surface area contributed by atoms with Gasteiger partial charge in [-0.25, -0.2) is 4.79 Å². The molecule has 7 nitrogen and oxygen atoms in total. The number of rotatable bonds is 2. The van der Waals surface area contributed by atoms with Gasteiger partial charge in [0.2, 0.25) is 0 Å². The Kier molecular flexibility index (Phi) is 4.72. The molecule has 4 heterocycles. The second-order valence-corrected chi connectivity index (χ2v) is 10.2. The second-order valence-electron chi connectivity index (χ2n) is 10.2. The Hall–Kier alpha value is -2.84. The molecule has 0 unspecified atom stereocenters. The lowest BCUT2D eigenvalue weighted by Crippen LogP contribution is -2.41. The van der Waals surface area contributed by atoms with Gasteiger partial charge in [0.05, 0.1) is 33.5 Å². The molecule has 33 heavy (non-hydrogen) atoms. The zero-order valence-electron chi connectivity index (χ0n) is 20.4. The van der Waals surface area contributed by atoms with Gasteiger partial charge in [-0.05, 0) is 52.7 Å². The summed E-state index contributed by atoms with van der Waals surface area (Å²) in [5.74, 6) is 0. The molecule has 0 atom stereocenters. The van der Waals surface area contributed by atoms with Crippen molar-refractivity contribution in [2.75, 3.05) is 0 Å². The molecule has 0 radical (unpaired) electrons. The molecule has 0 aliphatic carbocycles. The van der Waals surface area contributed by atoms with Gasteiger partial charge in [-0.2, -0.15) is 0 Å². The molecule has 0 N–H and O–H groups in total. The zero-order valence-corrected chi connectivity index (χ0v) is 20.4. The van der Waals surface area contributed by atoms with Gasteiger partial charge < -0.3 is 13.9 Å². The highest BCUT2D eigenvalue weighted by molar-refractivity contribution is 6.69. The lowest BCUT2D eigenvalue weighted by molar-refractivity contribution is 0.00578. The highest BCUT2D eigenvalue weighted by atomic mass is 16.7. The van der Waals surface area contributed by atoms with Crippen molar-refractivity contribution in [2.24, 2.45) is 14.1 Å². The summed E-state index contributed by atoms with van der Waals surface area (Å²) in [6, 6.07) is 8.14. The van der Waals surface area contributed by atoms with Crippen molar-refractivity contribution in [1.29, 1.82) is 0 Å². The van der Waals surface area contributed by atoms with E-state index in [0.29, 0.717) is 17.4 Å². The lowest BCUT2D eigenvalue weighted by Gasteiger charge is -2.32. The minimum absolute atomic E-state index is 0.292. The highest BCUT2D eigenvalue weighted by Gasteiger charge is 2.53. The van der Waals surface area contributed by atoms with E-state index < -0.39 is 18.3 Å². The zero-order chi connectivity index (χ0) is 23.9. The van der Waals surface area contributed by atoms with E-state index in [1.54, 1.807) is 11.6 Å². The molecular formula is C25H30BN3O4. The summed E-state index contributed by atoms with van der Waals surface area (Å²) in [7, 11) is 2.67. The van der Waals surface area contributed by atoms with Gasteiger partial charge in [0.15, 0.2) is 0 Å². The molecule has 5 rings (SSSR count). The molecular weight excluding hydrogens is 417 g/mol. The van der Waals surface area contributed by atoms with Crippen LogP contribution in [0, 0.1) is 6.92 Å². The minimum Gasteiger partial charge on any atom is -0.399 e. The van der Waals surface area contributed by atoms with Crippen molar-refractivity contribution < 1.29 is 9.31 Å². The van der Waals surface area contributed by atoms with E-state index in [4.69, 9.17) is 9.31 Å². The van der Waals surface area contributed by atoms with Crippen molar-refractivity contribution >= 4 is 23.5 Å². The van der Waals surface area contributed by atoms with E-state index in [0.717, 1.165) is 34.4 Å². The summed E-state index contributed by atoms with van der Waals surface area (Å²) >= 11 is 0. The van der Waals surface area contributed by atoms with Crippen LogP contribution in [0.25, 0.3) is 27.6 Å². The van der Waals surface area contributed by atoms with E-state index in [9.17, 15) is 9.59 Å². The SMILES string of the molecule is Cc1cccc(-c2c3c(=O)n(C)c(=O)n(C)c3c3n2CCC=C3B2OC(C)(C)C(C)(C)O2)c1. The van der Waals surface area contributed by atoms with Gasteiger partial charge in [-0.15, -0.1) is 0 Å². The predicted octanol–water partition coefficient (Wildman–Crippen LogP) is 3.43. The van der Waals surface area contributed by atoms with Crippen LogP contribution < -0.4 is 11.2 Å². The fourth-order valence-corrected chi connectivity index (χ4v) is 4.94. The molecule has 1 saturated heterocycles. The molecule has 1 fully saturated rings. The lowest BCUT2D eigenvalue weighted by atomic mass is 9.74. The first-order valence-electron chi connectivity index (χ1n) is 11.4. The Labute approximate surface area is 193 Å². The normalized spacial score (nSPS) is 19.1. The maximum atomic E-state index is 13.5. The van der Waals surface area contributed by atoms with Crippen molar-refractivity contribution in [3.8, 4) is 11.3 Å². The topological polar surface area (TPSA) is 67.4 Å². The van der Waals surface area contributed by atoms with Crippen molar-refractivity contribution in [3.05, 3.63) is 62.4 Å². The number of aryl methyl sites for hydroxylation is 2. The summed E-state index contributed by atoms with van der Waals surface area (Å²) < 4.78 is 17.7. The smallest absolute Gasteiger partial charge is 0.399 e. The predicted molar refractivity (Wildman–Crippen MR) is 131 cm³/mol. The number of benzene rings is 1. The first-order valence-corrected chi connectivity index (χ1v) is 11.4. The van der Waals surface area contributed by atoms with E-state index in [-0.39, 0.29) is 11.2 Å². The van der Waals surface area contributed by atoms with Crippen LogP contribution >= 0.6 is 0 Å². The number of nitrogens with zero attached hydrogens (tertiary/aromatic N) is 3. The Morgan fingerprint density at radius 3 is 2.27 bits per heavy atom. The molecule has 0 saturated carbocycles. The maximum absolute atomic E-state index is 13.5. The molecule has 172 valence electrons. The fourth-order valence-electron chi connectivity index (χ4n) is 4.94. The fraction of sp³-hybridized carbons (Fsp3) is 0.440. The molecule has 0 bridgehead atoms. The molecule has 0 spiro atoms. The largest absolute Gasteiger partial charge is 0.496 e. The van der Waals surface area contributed by atoms with Crippen LogP contribution in [-0.4, -0.2) is 32.0 Å². The van der Waals surface area contributed by atoms with Crippen LogP contribution in [-0.2, 0) is 29.9 Å². The van der Waals surface area contributed by atoms with Gasteiger partial charge in [-0.3, -0.25) is 13.9 Å². The Morgan fingerprint density at radius 1 is 0.970 bits per heavy atom. The number of aromatic nitrogens is 3. The average molecular weight is 447 g/mol. The van der Waals surface area contributed by atoms with Crippen LogP contribution in [0.5, 0.6) is 0 Å². The van der Waals surface area contributed by atoms with Crippen LogP contribution in [0.4, 0.5) is 0 Å². The Balaban J connectivity index is 1.87. The summed E-state index contributed by atoms with van der Waals surface area (Å²) in [4.78, 5) is 26.4. The third-order valence-electron chi connectivity index (χ3n) is 7.45. The minimum atomic E-state index is -0.586. The first kappa shape index (κ1) is 22.0. The van der Waals surface area contributed by atoms with Crippen LogP contribution in [0.2, 0.25) is 0 Å². The molecule has 2 aromatic heterocycles. The standard InChI is InChI=1S/C25H30BN3O4/c1-15-10-8-11-16(14-15)19-18-21(27(6)23(31)28(7)22(18)30)20-17(12-9-13-29(19)20)26-32-24(2,3)25(4,5)33-26/h8,10-12,14H,9,13H2,1-7H3. The van der Waals surface area contributed by atoms with Crippen molar-refractivity contribution in [2.45, 2.75) is 58.8 Å². The van der Waals surface area contributed by atoms with Crippen LogP contribution in [0.1, 0.15) is 45.4 Å². The summed E-state index contributed by atoms with van der Waals surface area (Å²) in [6.45, 7) is 10.8. The van der Waals surface area contributed by atoms with Crippen LogP contribution in [0.3, 0.4) is 0 Å². The molecule has 8 heteroatoms. The van der Waals surface area contributed by atoms with E-state index in [1.165, 1.54) is 11.6 Å². The van der Waals surface area contributed by atoms with E-state index in [1.807, 2.05) is 52.8 Å². The molecule has 1 aromatic carbocycles. The molecule has 2 aliphatic rings. The monoisotopic (exact) mass is 447 g/mol. The molecule has 0 amide bonds. The van der Waals surface area contributed by atoms with Gasteiger partial charge in [0.25, 0.3) is 5.56 Å². The summed E-state index contributed by atoms with van der Waals surface area (Å²) in [5.41, 5.74) is 3.58. The first-order chi connectivity index (χ1) is 15.4. The third-order valence-corrected chi connectivity index (χ3v) is 7.45. The number of allylic oxidation sites excluding steroid dienone is 1. The number of hydrogen-bond acceptors (Lipinski definition) is 4. The van der Waals surface area contributed by atoms with Crippen molar-refractivity contribution in [1.82, 2.24) is 13.7 Å². The summed E-state index contributed by atoms with van der Waals surface area (Å²) in [5, 5.41) is 0.546. The van der Waals surface area contributed by atoms with E-state index >= 15 is 0 Å². The van der Waals surface area contributed by atoms with Crippen molar-refractivity contribution in [3.63, 3.8) is 0 Å². The highest BCUT2D eigenvalue weighted by Crippen LogP contribution is 2.44. The third kappa shape index (κ3) is 3.04. The van der Waals surface area contributed by atoms with E-state index in [2.05, 4.69) is 16.7 Å². The Morgan fingerprint density at radius 2 is 1.64 bits per heavy atom. The number of hydrogen-bond donors (Lipinski definition) is 0. The molecule has 3 aromatic rings. The second kappa shape index (κ2) is 7.08. The van der Waals surface area contributed by atoms with Gasteiger partial charge in [0, 0.05) is 26.1 Å². The average Bonchev–Trinajstić information content (AvgIpc) is 3.21. The number of fused-ring (bicyclic) bond motifs is 3. The Bertz CT molecular complexity index is 1440. The van der Waals surface area contributed by atoms with Gasteiger partial charge >= 0.3 is 12.8 Å².